The van der Waals surface area contributed by atoms with Gasteiger partial charge in [0.05, 0.1) is 13.2 Å². The minimum Gasteiger partial charge on any atom is -0.469 e. The number of esters is 1. The van der Waals surface area contributed by atoms with Crippen molar-refractivity contribution < 1.29 is 23.8 Å². The molecule has 0 radical (unpaired) electrons. The minimum atomic E-state index is -0.0975. The first kappa shape index (κ1) is 23.9. The Bertz CT molecular complexity index is 759. The van der Waals surface area contributed by atoms with Crippen molar-refractivity contribution in [1.29, 1.82) is 0 Å². The highest BCUT2D eigenvalue weighted by atomic mass is 16.7. The second-order valence-electron chi connectivity index (χ2n) is 11.5. The number of carbonyl (C=O) groups is 2. The van der Waals surface area contributed by atoms with Crippen LogP contribution in [0.4, 0.5) is 0 Å². The van der Waals surface area contributed by atoms with Gasteiger partial charge in [-0.1, -0.05) is 26.3 Å². The number of ether oxygens (including phenoxy) is 3. The van der Waals surface area contributed by atoms with Crippen molar-refractivity contribution in [2.24, 2.45) is 40.4 Å². The monoisotopic (exact) mass is 446 g/mol. The molecule has 0 saturated heterocycles. The Morgan fingerprint density at radius 3 is 2.66 bits per heavy atom. The molecule has 6 unspecified atom stereocenters. The van der Waals surface area contributed by atoms with Crippen molar-refractivity contribution in [1.82, 2.24) is 0 Å². The Kier molecular flexibility index (Phi) is 6.89. The fourth-order valence-electron chi connectivity index (χ4n) is 8.45. The molecule has 8 atom stereocenters. The molecular formula is C27H42O5. The molecular weight excluding hydrogens is 404 g/mol. The van der Waals surface area contributed by atoms with Crippen molar-refractivity contribution in [2.75, 3.05) is 21.0 Å². The van der Waals surface area contributed by atoms with Gasteiger partial charge in [0.15, 0.2) is 5.78 Å². The first-order valence-electron chi connectivity index (χ1n) is 12.7. The van der Waals surface area contributed by atoms with Gasteiger partial charge < -0.3 is 14.2 Å². The highest BCUT2D eigenvalue weighted by Crippen LogP contribution is 2.68. The Balaban J connectivity index is 1.60. The van der Waals surface area contributed by atoms with E-state index in [-0.39, 0.29) is 28.7 Å². The molecule has 5 nitrogen and oxygen atoms in total. The molecule has 0 N–H and O–H groups in total. The molecule has 4 aliphatic rings. The van der Waals surface area contributed by atoms with Crippen LogP contribution >= 0.6 is 0 Å². The maximum absolute atomic E-state index is 12.2. The number of ketones is 1. The molecule has 0 spiro atoms. The Morgan fingerprint density at radius 2 is 1.94 bits per heavy atom. The zero-order valence-electron chi connectivity index (χ0n) is 20.7. The van der Waals surface area contributed by atoms with Gasteiger partial charge in [-0.25, -0.2) is 0 Å². The van der Waals surface area contributed by atoms with Crippen molar-refractivity contribution in [3.05, 3.63) is 11.6 Å². The fourth-order valence-corrected chi connectivity index (χ4v) is 8.45. The third-order valence-electron chi connectivity index (χ3n) is 10.2. The lowest BCUT2D eigenvalue weighted by molar-refractivity contribution is -0.165. The summed E-state index contributed by atoms with van der Waals surface area (Å²) in [6.45, 7) is 7.59. The molecule has 3 fully saturated rings. The maximum atomic E-state index is 12.2. The van der Waals surface area contributed by atoms with Crippen LogP contribution in [0.25, 0.3) is 0 Å². The molecule has 0 heterocycles. The standard InChI is InChI=1S/C27H42O5/c1-17(6-9-24(29)31-5)20-7-8-21-25-22(11-13-27(20,21)3)26(2)12-10-19(28)14-18(26)15-23(25)32-16-30-4/h14,17,20-23,25H,6-13,15-16H2,1-5H3/t17?,20?,21?,22?,23?,25?,26-,27+/m0/s1. The van der Waals surface area contributed by atoms with Gasteiger partial charge in [-0.2, -0.15) is 0 Å². The van der Waals surface area contributed by atoms with E-state index in [4.69, 9.17) is 14.2 Å². The summed E-state index contributed by atoms with van der Waals surface area (Å²) in [6, 6.07) is 0. The van der Waals surface area contributed by atoms with E-state index >= 15 is 0 Å². The van der Waals surface area contributed by atoms with Crippen LogP contribution in [0.1, 0.15) is 78.6 Å². The summed E-state index contributed by atoms with van der Waals surface area (Å²) < 4.78 is 16.5. The zero-order chi connectivity index (χ0) is 23.1. The van der Waals surface area contributed by atoms with Gasteiger partial charge in [0.2, 0.25) is 0 Å². The van der Waals surface area contributed by atoms with Crippen LogP contribution < -0.4 is 0 Å². The van der Waals surface area contributed by atoms with E-state index in [2.05, 4.69) is 20.8 Å². The molecule has 0 aromatic rings. The quantitative estimate of drug-likeness (QED) is 0.391. The molecule has 0 aliphatic heterocycles. The number of hydrogen-bond donors (Lipinski definition) is 0. The average molecular weight is 447 g/mol. The van der Waals surface area contributed by atoms with E-state index in [1.165, 1.54) is 38.4 Å². The number of methoxy groups -OCH3 is 2. The van der Waals surface area contributed by atoms with E-state index < -0.39 is 0 Å². The SMILES string of the molecule is COCOC1CC2=CC(=O)CC[C@]2(C)C2CC[C@]3(C)C(C(C)CCC(=O)OC)CCC3C12. The molecule has 180 valence electrons. The van der Waals surface area contributed by atoms with Gasteiger partial charge in [-0.05, 0) is 91.4 Å². The predicted octanol–water partition coefficient (Wildman–Crippen LogP) is 5.32. The average Bonchev–Trinajstić information content (AvgIpc) is 3.13. The zero-order valence-corrected chi connectivity index (χ0v) is 20.7. The van der Waals surface area contributed by atoms with E-state index in [9.17, 15) is 9.59 Å². The molecule has 3 saturated carbocycles. The smallest absolute Gasteiger partial charge is 0.305 e. The van der Waals surface area contributed by atoms with Crippen molar-refractivity contribution in [2.45, 2.75) is 84.7 Å². The lowest BCUT2D eigenvalue weighted by Crippen LogP contribution is -2.56. The molecule has 4 rings (SSSR count). The molecule has 5 heteroatoms. The summed E-state index contributed by atoms with van der Waals surface area (Å²) in [4.78, 5) is 24.0. The molecule has 4 aliphatic carbocycles. The van der Waals surface area contributed by atoms with E-state index in [0.29, 0.717) is 49.2 Å². The lowest BCUT2D eigenvalue weighted by Gasteiger charge is -2.60. The molecule has 0 bridgehead atoms. The van der Waals surface area contributed by atoms with E-state index in [0.717, 1.165) is 19.3 Å². The summed E-state index contributed by atoms with van der Waals surface area (Å²) in [7, 11) is 3.17. The van der Waals surface area contributed by atoms with Crippen LogP contribution in [0.5, 0.6) is 0 Å². The van der Waals surface area contributed by atoms with Crippen LogP contribution in [0.3, 0.4) is 0 Å². The number of fused-ring (bicyclic) bond motifs is 5. The van der Waals surface area contributed by atoms with Gasteiger partial charge >= 0.3 is 5.97 Å². The molecule has 0 aromatic heterocycles. The molecule has 32 heavy (non-hydrogen) atoms. The normalized spacial score (nSPS) is 41.8. The fraction of sp³-hybridized carbons (Fsp3) is 0.852. The summed E-state index contributed by atoms with van der Waals surface area (Å²) in [5.74, 6) is 3.04. The van der Waals surface area contributed by atoms with Gasteiger partial charge in [0, 0.05) is 20.0 Å². The second kappa shape index (κ2) is 9.21. The third-order valence-corrected chi connectivity index (χ3v) is 10.2. The summed E-state index contributed by atoms with van der Waals surface area (Å²) >= 11 is 0. The Morgan fingerprint density at radius 1 is 1.16 bits per heavy atom. The number of rotatable bonds is 7. The topological polar surface area (TPSA) is 61.8 Å². The van der Waals surface area contributed by atoms with Crippen LogP contribution in [0.2, 0.25) is 0 Å². The van der Waals surface area contributed by atoms with Gasteiger partial charge in [-0.15, -0.1) is 0 Å². The lowest BCUT2D eigenvalue weighted by atomic mass is 9.45. The summed E-state index contributed by atoms with van der Waals surface area (Å²) in [5, 5.41) is 0. The van der Waals surface area contributed by atoms with Gasteiger partial charge in [0.25, 0.3) is 0 Å². The number of carbonyl (C=O) groups excluding carboxylic acids is 2. The Labute approximate surface area is 193 Å². The van der Waals surface area contributed by atoms with Crippen molar-refractivity contribution in [3.8, 4) is 0 Å². The van der Waals surface area contributed by atoms with Gasteiger partial charge in [0.1, 0.15) is 6.79 Å². The summed E-state index contributed by atoms with van der Waals surface area (Å²) in [6.07, 6.45) is 10.9. The summed E-state index contributed by atoms with van der Waals surface area (Å²) in [5.41, 5.74) is 1.73. The largest absolute Gasteiger partial charge is 0.469 e. The van der Waals surface area contributed by atoms with Crippen LogP contribution in [0, 0.1) is 40.4 Å². The van der Waals surface area contributed by atoms with Crippen LogP contribution in [-0.4, -0.2) is 38.9 Å². The third kappa shape index (κ3) is 3.98. The second-order valence-corrected chi connectivity index (χ2v) is 11.5. The van der Waals surface area contributed by atoms with Crippen molar-refractivity contribution >= 4 is 11.8 Å². The van der Waals surface area contributed by atoms with E-state index in [1.807, 2.05) is 6.08 Å². The highest BCUT2D eigenvalue weighted by Gasteiger charge is 2.62. The van der Waals surface area contributed by atoms with Gasteiger partial charge in [-0.3, -0.25) is 9.59 Å². The van der Waals surface area contributed by atoms with Crippen LogP contribution in [-0.2, 0) is 23.8 Å². The highest BCUT2D eigenvalue weighted by molar-refractivity contribution is 5.91. The number of hydrogen-bond acceptors (Lipinski definition) is 5. The maximum Gasteiger partial charge on any atom is 0.305 e. The Hall–Kier alpha value is -1.20. The van der Waals surface area contributed by atoms with Crippen LogP contribution in [0.15, 0.2) is 11.6 Å². The predicted molar refractivity (Wildman–Crippen MR) is 123 cm³/mol. The van der Waals surface area contributed by atoms with Crippen molar-refractivity contribution in [3.63, 3.8) is 0 Å². The first-order chi connectivity index (χ1) is 15.2. The minimum absolute atomic E-state index is 0.0975. The molecule has 0 aromatic carbocycles. The molecule has 0 amide bonds. The first-order valence-corrected chi connectivity index (χ1v) is 12.7. The van der Waals surface area contributed by atoms with E-state index in [1.54, 1.807) is 7.11 Å².